The van der Waals surface area contributed by atoms with Gasteiger partial charge >= 0.3 is 0 Å². The summed E-state index contributed by atoms with van der Waals surface area (Å²) < 4.78 is 2.08. The van der Waals surface area contributed by atoms with E-state index in [0.717, 1.165) is 30.6 Å². The summed E-state index contributed by atoms with van der Waals surface area (Å²) in [6.45, 7) is 0.836. The number of benzene rings is 1. The standard InChI is InChI=1S/C13H14N2O/c16-11-5-4-9-15-10-8-14-13(15)12-6-2-1-3-7-12/h1-3,6-8,10-11H,4-5,9H2. The molecule has 2 aromatic rings. The van der Waals surface area contributed by atoms with Crippen LogP contribution in [0.4, 0.5) is 0 Å². The second-order valence-electron chi connectivity index (χ2n) is 3.62. The molecule has 0 spiro atoms. The molecule has 0 N–H and O–H groups in total. The lowest BCUT2D eigenvalue weighted by atomic mass is 10.2. The molecule has 0 saturated carbocycles. The number of rotatable bonds is 5. The Kier molecular flexibility index (Phi) is 3.49. The number of aromatic nitrogens is 2. The molecule has 2 rings (SSSR count). The molecule has 3 heteroatoms. The predicted molar refractivity (Wildman–Crippen MR) is 63.0 cm³/mol. The van der Waals surface area contributed by atoms with Crippen LogP contribution in [0.3, 0.4) is 0 Å². The Hall–Kier alpha value is -1.90. The van der Waals surface area contributed by atoms with E-state index >= 15 is 0 Å². The molecule has 1 heterocycles. The topological polar surface area (TPSA) is 34.9 Å². The SMILES string of the molecule is O=CCCCn1ccnc1-c1ccccc1. The molecule has 1 aromatic heterocycles. The van der Waals surface area contributed by atoms with Gasteiger partial charge in [-0.1, -0.05) is 30.3 Å². The van der Waals surface area contributed by atoms with Crippen molar-refractivity contribution in [2.24, 2.45) is 0 Å². The fraction of sp³-hybridized carbons (Fsp3) is 0.231. The van der Waals surface area contributed by atoms with Gasteiger partial charge in [-0.05, 0) is 6.42 Å². The van der Waals surface area contributed by atoms with E-state index < -0.39 is 0 Å². The molecule has 0 aliphatic carbocycles. The van der Waals surface area contributed by atoms with Crippen LogP contribution < -0.4 is 0 Å². The molecular formula is C13H14N2O. The minimum atomic E-state index is 0.604. The number of aldehydes is 1. The highest BCUT2D eigenvalue weighted by atomic mass is 16.1. The van der Waals surface area contributed by atoms with E-state index in [9.17, 15) is 4.79 Å². The van der Waals surface area contributed by atoms with Crippen LogP contribution >= 0.6 is 0 Å². The van der Waals surface area contributed by atoms with Gasteiger partial charge in [0.05, 0.1) is 0 Å². The molecule has 0 aliphatic heterocycles. The van der Waals surface area contributed by atoms with Gasteiger partial charge < -0.3 is 9.36 Å². The van der Waals surface area contributed by atoms with Crippen LogP contribution in [0.25, 0.3) is 11.4 Å². The normalized spacial score (nSPS) is 10.2. The van der Waals surface area contributed by atoms with Gasteiger partial charge in [-0.15, -0.1) is 0 Å². The lowest BCUT2D eigenvalue weighted by Gasteiger charge is -2.06. The second kappa shape index (κ2) is 5.26. The monoisotopic (exact) mass is 214 g/mol. The van der Waals surface area contributed by atoms with Gasteiger partial charge in [0.2, 0.25) is 0 Å². The van der Waals surface area contributed by atoms with Crippen molar-refractivity contribution < 1.29 is 4.79 Å². The van der Waals surface area contributed by atoms with Crippen LogP contribution in [-0.2, 0) is 11.3 Å². The zero-order chi connectivity index (χ0) is 11.2. The van der Waals surface area contributed by atoms with E-state index in [0.29, 0.717) is 6.42 Å². The third-order valence-electron chi connectivity index (χ3n) is 2.47. The number of unbranched alkanes of at least 4 members (excludes halogenated alkanes) is 1. The van der Waals surface area contributed by atoms with Crippen molar-refractivity contribution in [3.05, 3.63) is 42.7 Å². The Labute approximate surface area is 94.7 Å². The van der Waals surface area contributed by atoms with Crippen molar-refractivity contribution in [1.29, 1.82) is 0 Å². The van der Waals surface area contributed by atoms with Crippen LogP contribution in [0.15, 0.2) is 42.7 Å². The lowest BCUT2D eigenvalue weighted by molar-refractivity contribution is -0.107. The number of aryl methyl sites for hydroxylation is 1. The van der Waals surface area contributed by atoms with Gasteiger partial charge in [0.1, 0.15) is 12.1 Å². The molecule has 82 valence electrons. The summed E-state index contributed by atoms with van der Waals surface area (Å²) in [5, 5.41) is 0. The summed E-state index contributed by atoms with van der Waals surface area (Å²) in [5.41, 5.74) is 1.11. The quantitative estimate of drug-likeness (QED) is 0.566. The van der Waals surface area contributed by atoms with Crippen molar-refractivity contribution in [2.45, 2.75) is 19.4 Å². The average molecular weight is 214 g/mol. The fourth-order valence-corrected chi connectivity index (χ4v) is 1.68. The maximum Gasteiger partial charge on any atom is 0.139 e. The van der Waals surface area contributed by atoms with E-state index in [1.165, 1.54) is 0 Å². The number of imidazole rings is 1. The van der Waals surface area contributed by atoms with E-state index in [2.05, 4.69) is 9.55 Å². The first-order chi connectivity index (χ1) is 7.92. The Morgan fingerprint density at radius 3 is 2.81 bits per heavy atom. The average Bonchev–Trinajstić information content (AvgIpc) is 2.79. The van der Waals surface area contributed by atoms with Crippen LogP contribution in [0.1, 0.15) is 12.8 Å². The molecule has 0 atom stereocenters. The number of hydrogen-bond acceptors (Lipinski definition) is 2. The molecule has 0 radical (unpaired) electrons. The zero-order valence-electron chi connectivity index (χ0n) is 9.04. The number of hydrogen-bond donors (Lipinski definition) is 0. The van der Waals surface area contributed by atoms with E-state index in [4.69, 9.17) is 0 Å². The third kappa shape index (κ3) is 2.37. The van der Waals surface area contributed by atoms with Crippen LogP contribution in [0.2, 0.25) is 0 Å². The fourth-order valence-electron chi connectivity index (χ4n) is 1.68. The highest BCUT2D eigenvalue weighted by molar-refractivity contribution is 5.55. The van der Waals surface area contributed by atoms with Crippen molar-refractivity contribution in [2.75, 3.05) is 0 Å². The highest BCUT2D eigenvalue weighted by Crippen LogP contribution is 2.16. The Morgan fingerprint density at radius 2 is 2.06 bits per heavy atom. The van der Waals surface area contributed by atoms with Gasteiger partial charge in [0.25, 0.3) is 0 Å². The number of carbonyl (C=O) groups is 1. The first kappa shape index (κ1) is 10.6. The smallest absolute Gasteiger partial charge is 0.139 e. The molecule has 0 bridgehead atoms. The second-order valence-corrected chi connectivity index (χ2v) is 3.62. The van der Waals surface area contributed by atoms with Crippen LogP contribution in [0, 0.1) is 0 Å². The van der Waals surface area contributed by atoms with Crippen molar-refractivity contribution in [3.8, 4) is 11.4 Å². The summed E-state index contributed by atoms with van der Waals surface area (Å²) >= 11 is 0. The molecule has 0 unspecified atom stereocenters. The van der Waals surface area contributed by atoms with E-state index in [1.807, 2.05) is 36.5 Å². The number of nitrogens with zero attached hydrogens (tertiary/aromatic N) is 2. The molecule has 16 heavy (non-hydrogen) atoms. The Balaban J connectivity index is 2.16. The van der Waals surface area contributed by atoms with Gasteiger partial charge in [-0.25, -0.2) is 4.98 Å². The maximum absolute atomic E-state index is 10.3. The van der Waals surface area contributed by atoms with Crippen LogP contribution in [-0.4, -0.2) is 15.8 Å². The minimum Gasteiger partial charge on any atom is -0.331 e. The van der Waals surface area contributed by atoms with E-state index in [-0.39, 0.29) is 0 Å². The highest BCUT2D eigenvalue weighted by Gasteiger charge is 2.04. The summed E-state index contributed by atoms with van der Waals surface area (Å²) in [6, 6.07) is 10.1. The van der Waals surface area contributed by atoms with Crippen molar-refractivity contribution >= 4 is 6.29 Å². The van der Waals surface area contributed by atoms with E-state index in [1.54, 1.807) is 6.20 Å². The molecule has 0 aliphatic rings. The van der Waals surface area contributed by atoms with Crippen molar-refractivity contribution in [3.63, 3.8) is 0 Å². The van der Waals surface area contributed by atoms with Gasteiger partial charge in [-0.2, -0.15) is 0 Å². The molecule has 0 amide bonds. The summed E-state index contributed by atoms with van der Waals surface area (Å²) in [5.74, 6) is 0.964. The third-order valence-corrected chi connectivity index (χ3v) is 2.47. The van der Waals surface area contributed by atoms with Gasteiger partial charge in [-0.3, -0.25) is 0 Å². The summed E-state index contributed by atoms with van der Waals surface area (Å²) in [4.78, 5) is 14.6. The van der Waals surface area contributed by atoms with Crippen LogP contribution in [0.5, 0.6) is 0 Å². The zero-order valence-corrected chi connectivity index (χ0v) is 9.04. The summed E-state index contributed by atoms with van der Waals surface area (Å²) in [7, 11) is 0. The Bertz CT molecular complexity index is 448. The van der Waals surface area contributed by atoms with Gasteiger partial charge in [0.15, 0.2) is 0 Å². The largest absolute Gasteiger partial charge is 0.331 e. The minimum absolute atomic E-state index is 0.604. The lowest BCUT2D eigenvalue weighted by Crippen LogP contribution is -1.99. The Morgan fingerprint density at radius 1 is 1.25 bits per heavy atom. The summed E-state index contributed by atoms with van der Waals surface area (Å²) in [6.07, 6.45) is 6.17. The maximum atomic E-state index is 10.3. The van der Waals surface area contributed by atoms with Gasteiger partial charge in [0, 0.05) is 30.9 Å². The molecular weight excluding hydrogens is 200 g/mol. The van der Waals surface area contributed by atoms with Crippen molar-refractivity contribution in [1.82, 2.24) is 9.55 Å². The first-order valence-electron chi connectivity index (χ1n) is 5.42. The molecule has 0 saturated heterocycles. The molecule has 1 aromatic carbocycles. The first-order valence-corrected chi connectivity index (χ1v) is 5.42. The molecule has 0 fully saturated rings. The molecule has 3 nitrogen and oxygen atoms in total. The predicted octanol–water partition coefficient (Wildman–Crippen LogP) is 2.53. The number of carbonyl (C=O) groups excluding carboxylic acids is 1.